The first-order valence-corrected chi connectivity index (χ1v) is 7.77. The molecule has 4 nitrogen and oxygen atoms in total. The minimum absolute atomic E-state index is 0.00619. The molecule has 0 bridgehead atoms. The molecular weight excluding hydrogens is 302 g/mol. The Morgan fingerprint density at radius 2 is 2.27 bits per heavy atom. The number of hydrogen-bond donors (Lipinski definition) is 1. The molecule has 3 rings (SSSR count). The summed E-state index contributed by atoms with van der Waals surface area (Å²) < 4.78 is 5.65. The lowest BCUT2D eigenvalue weighted by molar-refractivity contribution is -0.127. The lowest BCUT2D eigenvalue weighted by atomic mass is 10.1. The summed E-state index contributed by atoms with van der Waals surface area (Å²) in [5.41, 5.74) is 1.84. The van der Waals surface area contributed by atoms with Crippen molar-refractivity contribution in [1.29, 1.82) is 0 Å². The van der Waals surface area contributed by atoms with Gasteiger partial charge >= 0.3 is 0 Å². The zero-order valence-corrected chi connectivity index (χ0v) is 12.9. The van der Waals surface area contributed by atoms with Crippen molar-refractivity contribution >= 4 is 23.6 Å². The summed E-state index contributed by atoms with van der Waals surface area (Å²) in [4.78, 5) is 13.9. The second-order valence-corrected chi connectivity index (χ2v) is 5.95. The molecule has 1 aromatic rings. The molecule has 0 saturated heterocycles. The van der Waals surface area contributed by atoms with Gasteiger partial charge in [0, 0.05) is 29.2 Å². The number of amides is 1. The molecule has 0 atom stereocenters. The van der Waals surface area contributed by atoms with Crippen LogP contribution in [0, 0.1) is 0 Å². The smallest absolute Gasteiger partial charge is 0.246 e. The molecule has 1 N–H and O–H groups in total. The summed E-state index contributed by atoms with van der Waals surface area (Å²) in [5.74, 6) is 0.738. The Kier molecular flexibility index (Phi) is 4.50. The van der Waals surface area contributed by atoms with Crippen LogP contribution in [0.1, 0.15) is 18.4 Å². The summed E-state index contributed by atoms with van der Waals surface area (Å²) in [6.07, 6.45) is 7.36. The first-order chi connectivity index (χ1) is 10.7. The quantitative estimate of drug-likeness (QED) is 0.849. The molecule has 22 heavy (non-hydrogen) atoms. The summed E-state index contributed by atoms with van der Waals surface area (Å²) >= 11 is 5.98. The number of aliphatic hydroxyl groups is 1. The molecule has 0 spiro atoms. The van der Waals surface area contributed by atoms with Crippen LogP contribution in [-0.2, 0) is 4.79 Å². The topological polar surface area (TPSA) is 49.8 Å². The van der Waals surface area contributed by atoms with Crippen LogP contribution in [0.2, 0.25) is 5.02 Å². The zero-order valence-electron chi connectivity index (χ0n) is 12.2. The summed E-state index contributed by atoms with van der Waals surface area (Å²) in [6.45, 7) is 0.817. The second kappa shape index (κ2) is 6.55. The molecule has 0 aromatic heterocycles. The normalized spacial score (nSPS) is 16.9. The molecule has 5 heteroatoms. The molecule has 1 aliphatic heterocycles. The molecule has 1 amide bonds. The predicted octanol–water partition coefficient (Wildman–Crippen LogP) is 2.66. The number of halogens is 1. The van der Waals surface area contributed by atoms with Crippen LogP contribution in [0.15, 0.2) is 35.9 Å². The van der Waals surface area contributed by atoms with Crippen molar-refractivity contribution in [2.75, 3.05) is 19.8 Å². The number of benzene rings is 1. The van der Waals surface area contributed by atoms with Gasteiger partial charge in [-0.25, -0.2) is 0 Å². The van der Waals surface area contributed by atoms with Crippen molar-refractivity contribution in [3.63, 3.8) is 0 Å². The molecular formula is C17H18ClNO3. The number of hydrogen-bond acceptors (Lipinski definition) is 3. The largest absolute Gasteiger partial charge is 0.488 e. The van der Waals surface area contributed by atoms with Crippen LogP contribution in [0.5, 0.6) is 5.75 Å². The highest BCUT2D eigenvalue weighted by Crippen LogP contribution is 2.30. The third-order valence-corrected chi connectivity index (χ3v) is 3.99. The Labute approximate surface area is 134 Å². The van der Waals surface area contributed by atoms with Crippen LogP contribution < -0.4 is 4.74 Å². The van der Waals surface area contributed by atoms with Gasteiger partial charge in [-0.1, -0.05) is 17.7 Å². The molecule has 0 unspecified atom stereocenters. The van der Waals surface area contributed by atoms with E-state index in [1.54, 1.807) is 23.1 Å². The fourth-order valence-electron chi connectivity index (χ4n) is 2.50. The van der Waals surface area contributed by atoms with Crippen molar-refractivity contribution in [2.45, 2.75) is 18.9 Å². The Morgan fingerprint density at radius 1 is 1.45 bits per heavy atom. The van der Waals surface area contributed by atoms with Crippen molar-refractivity contribution in [1.82, 2.24) is 4.90 Å². The maximum atomic E-state index is 12.2. The van der Waals surface area contributed by atoms with Gasteiger partial charge in [0.1, 0.15) is 12.4 Å². The number of fused-ring (bicyclic) bond motifs is 1. The van der Waals surface area contributed by atoms with E-state index in [0.717, 1.165) is 29.7 Å². The van der Waals surface area contributed by atoms with Gasteiger partial charge in [-0.2, -0.15) is 0 Å². The molecule has 1 aliphatic carbocycles. The first kappa shape index (κ1) is 15.1. The van der Waals surface area contributed by atoms with Gasteiger partial charge in [0.05, 0.1) is 6.61 Å². The van der Waals surface area contributed by atoms with Crippen LogP contribution in [0.25, 0.3) is 6.08 Å². The highest BCUT2D eigenvalue weighted by molar-refractivity contribution is 6.30. The molecule has 2 aliphatic rings. The SMILES string of the molecule is O=C(/C=C/C1=Cc2cc(Cl)ccc2OC1)N(CCO)C1CC1. The van der Waals surface area contributed by atoms with E-state index in [9.17, 15) is 4.79 Å². The minimum Gasteiger partial charge on any atom is -0.488 e. The molecule has 1 saturated carbocycles. The standard InChI is InChI=1S/C17H18ClNO3/c18-14-2-5-16-13(10-14)9-12(11-22-16)1-6-17(21)19(7-8-20)15-3-4-15/h1-2,5-6,9-10,15,20H,3-4,7-8,11H2/b6-1+. The average molecular weight is 320 g/mol. The maximum Gasteiger partial charge on any atom is 0.246 e. The van der Waals surface area contributed by atoms with E-state index in [1.807, 2.05) is 18.2 Å². The average Bonchev–Trinajstić information content (AvgIpc) is 3.34. The molecule has 1 heterocycles. The fourth-order valence-corrected chi connectivity index (χ4v) is 2.68. The van der Waals surface area contributed by atoms with Gasteiger partial charge < -0.3 is 14.7 Å². The number of aliphatic hydroxyl groups excluding tert-OH is 1. The van der Waals surface area contributed by atoms with Gasteiger partial charge in [0.2, 0.25) is 5.91 Å². The minimum atomic E-state index is -0.0608. The zero-order chi connectivity index (χ0) is 15.5. The van der Waals surface area contributed by atoms with E-state index >= 15 is 0 Å². The molecule has 0 radical (unpaired) electrons. The maximum absolute atomic E-state index is 12.2. The number of rotatable bonds is 5. The van der Waals surface area contributed by atoms with E-state index < -0.39 is 0 Å². The highest BCUT2D eigenvalue weighted by Gasteiger charge is 2.30. The number of nitrogens with zero attached hydrogens (tertiary/aromatic N) is 1. The summed E-state index contributed by atoms with van der Waals surface area (Å²) in [6, 6.07) is 5.77. The van der Waals surface area contributed by atoms with E-state index in [-0.39, 0.29) is 12.5 Å². The Bertz CT molecular complexity index is 635. The monoisotopic (exact) mass is 319 g/mol. The first-order valence-electron chi connectivity index (χ1n) is 7.40. The van der Waals surface area contributed by atoms with Crippen molar-refractivity contribution in [2.24, 2.45) is 0 Å². The van der Waals surface area contributed by atoms with E-state index in [2.05, 4.69) is 0 Å². The van der Waals surface area contributed by atoms with Crippen molar-refractivity contribution in [3.05, 3.63) is 46.5 Å². The Hall–Kier alpha value is -1.78. The van der Waals surface area contributed by atoms with Gasteiger partial charge in [-0.05, 0) is 42.7 Å². The number of carbonyl (C=O) groups excluding carboxylic acids is 1. The Balaban J connectivity index is 1.71. The number of carbonyl (C=O) groups is 1. The van der Waals surface area contributed by atoms with Gasteiger partial charge in [0.15, 0.2) is 0 Å². The third-order valence-electron chi connectivity index (χ3n) is 3.76. The van der Waals surface area contributed by atoms with Crippen molar-refractivity contribution < 1.29 is 14.6 Å². The lowest BCUT2D eigenvalue weighted by Crippen LogP contribution is -2.34. The van der Waals surface area contributed by atoms with Crippen LogP contribution in [0.4, 0.5) is 0 Å². The third kappa shape index (κ3) is 3.51. The van der Waals surface area contributed by atoms with E-state index in [4.69, 9.17) is 21.4 Å². The fraction of sp³-hybridized carbons (Fsp3) is 0.353. The highest BCUT2D eigenvalue weighted by atomic mass is 35.5. The molecule has 1 fully saturated rings. The van der Waals surface area contributed by atoms with Crippen molar-refractivity contribution in [3.8, 4) is 5.75 Å². The second-order valence-electron chi connectivity index (χ2n) is 5.51. The van der Waals surface area contributed by atoms with Crippen LogP contribution >= 0.6 is 11.6 Å². The van der Waals surface area contributed by atoms with Gasteiger partial charge in [-0.15, -0.1) is 0 Å². The summed E-state index contributed by atoms with van der Waals surface area (Å²) in [7, 11) is 0. The predicted molar refractivity (Wildman–Crippen MR) is 85.9 cm³/mol. The van der Waals surface area contributed by atoms with E-state index in [1.165, 1.54) is 0 Å². The number of ether oxygens (including phenoxy) is 1. The lowest BCUT2D eigenvalue weighted by Gasteiger charge is -2.20. The van der Waals surface area contributed by atoms with E-state index in [0.29, 0.717) is 24.2 Å². The van der Waals surface area contributed by atoms with Crippen LogP contribution in [-0.4, -0.2) is 41.7 Å². The van der Waals surface area contributed by atoms with Gasteiger partial charge in [0.25, 0.3) is 0 Å². The molecule has 116 valence electrons. The summed E-state index contributed by atoms with van der Waals surface area (Å²) in [5, 5.41) is 9.71. The van der Waals surface area contributed by atoms with Gasteiger partial charge in [-0.3, -0.25) is 4.79 Å². The Morgan fingerprint density at radius 3 is 3.00 bits per heavy atom. The molecule has 1 aromatic carbocycles. The van der Waals surface area contributed by atoms with Crippen LogP contribution in [0.3, 0.4) is 0 Å².